The zero-order chi connectivity index (χ0) is 85.4. The summed E-state index contributed by atoms with van der Waals surface area (Å²) in [6.45, 7) is 0. The Morgan fingerprint density at radius 1 is 0.282 bits per heavy atom. The molecule has 3 radical (unpaired) electrons. The van der Waals surface area contributed by atoms with Crippen LogP contribution >= 0.6 is 0 Å². The first-order valence-corrected chi connectivity index (χ1v) is 34.5. The third-order valence-electron chi connectivity index (χ3n) is 16.1. The Bertz CT molecular complexity index is 4680. The molecule has 15 rings (SSSR count). The molecule has 12 heterocycles. The minimum absolute atomic E-state index is 0. The van der Waals surface area contributed by atoms with Gasteiger partial charge in [0.25, 0.3) is 17.3 Å². The van der Waals surface area contributed by atoms with E-state index < -0.39 is 89.9 Å². The molecular weight excluding hydrogens is 2780 g/mol. The average Bonchev–Trinajstić information content (AvgIpc) is 0.803. The van der Waals surface area contributed by atoms with E-state index in [1.54, 1.807) is 37.2 Å². The van der Waals surface area contributed by atoms with E-state index in [9.17, 15) is 93.4 Å². The Morgan fingerprint density at radius 2 is 0.420 bits per heavy atom. The van der Waals surface area contributed by atoms with Gasteiger partial charge < -0.3 is 115 Å². The number of carbonyl (C=O) groups excluding carboxylic acids is 3. The molecule has 3 aromatic carbocycles. The fraction of sp³-hybridized carbons (Fsp3) is 0.222. The Labute approximate surface area is 1000 Å². The largest absolute Gasteiger partial charge is 3.00 e. The number of nitrogens with zero attached hydrogens (tertiary/aromatic N) is 12. The molecule has 0 fully saturated rings. The number of aliphatic hydroxyl groups excluding tert-OH is 3. The minimum Gasteiger partial charge on any atom is -1.00 e. The van der Waals surface area contributed by atoms with Gasteiger partial charge in [0.05, 0.1) is 69.4 Å². The Morgan fingerprint density at radius 3 is 0.527 bits per heavy atom. The third-order valence-corrected chi connectivity index (χ3v) is 16.1. The molecule has 0 spiro atoms. The molecule has 9 aromatic rings. The fourth-order valence-electron chi connectivity index (χ4n) is 10.4. The van der Waals surface area contributed by atoms with Crippen LogP contribution in [-0.2, 0) is 14.4 Å². The van der Waals surface area contributed by atoms with Crippen molar-refractivity contribution in [3.05, 3.63) is 255 Å². The van der Waals surface area contributed by atoms with Gasteiger partial charge in [-0.3, -0.25) is 74.2 Å². The number of allylic oxidation sites excluding steroid dienone is 12. The van der Waals surface area contributed by atoms with Gasteiger partial charge in [-0.15, -0.1) is 0 Å². The van der Waals surface area contributed by atoms with Gasteiger partial charge in [-0.2, -0.15) is 79.0 Å². The SMILES string of the molecule is C1=CCC(C2CC=CC=N2)N=C1.C1=CCC(C2CC=CC=N2)N=C1.C1=CCC(C2CC=CC=N2)N=C1.O=C(C=C(O)C(F)(F)F)C(F)(F)F.O=C(C=C(O)C(F)(F)F)C(F)(F)F.O=C(C=C(O)C(F)(F)F)C(F)(F)F.[Ce].[Cl-].[Cl-].[Cl-].[Cl-].[Cl-].[Cl-].[Cl-].[Cl-].[Eu+2].[Eu+3].[Eu].[Tb+3].[Tb].c1cnc2c(c1)ccc1cccnc12.c1cnc2c(c1)ccc1cccnc12.c1cnc2c(c1)ccc1cccnc12. The zero-order valence-electron chi connectivity index (χ0n) is 65.7. The number of aromatic nitrogens is 6. The maximum atomic E-state index is 11.4. The second-order valence-electron chi connectivity index (χ2n) is 24.5. The number of alkyl halides is 18. The molecule has 6 aliphatic heterocycles. The van der Waals surface area contributed by atoms with Gasteiger partial charge in [-0.1, -0.05) is 109 Å². The van der Waals surface area contributed by atoms with Gasteiger partial charge in [0.15, 0.2) is 0 Å². The molecule has 6 aromatic heterocycles. The molecule has 0 bridgehead atoms. The number of pyridine rings is 6. The summed E-state index contributed by atoms with van der Waals surface area (Å²) in [4.78, 5) is 82.0. The summed E-state index contributed by atoms with van der Waals surface area (Å²) in [5.41, 5.74) is 5.86. The zero-order valence-corrected chi connectivity index (χ0v) is 86.5. The van der Waals surface area contributed by atoms with Crippen LogP contribution in [0.2, 0.25) is 0 Å². The first kappa shape index (κ1) is 144. The molecule has 0 amide bonds. The molecule has 131 heavy (non-hydrogen) atoms. The van der Waals surface area contributed by atoms with Crippen LogP contribution in [-0.4, -0.2) is 173 Å². The Kier molecular flexibility index (Phi) is 79.6. The molecule has 0 saturated carbocycles. The van der Waals surface area contributed by atoms with Crippen molar-refractivity contribution in [2.45, 2.75) is 112 Å². The summed E-state index contributed by atoms with van der Waals surface area (Å²) in [7, 11) is 0. The van der Waals surface area contributed by atoms with Crippen molar-refractivity contribution in [3.8, 4) is 0 Å². The van der Waals surface area contributed by atoms with Gasteiger partial charge in [-0.25, -0.2) is 0 Å². The summed E-state index contributed by atoms with van der Waals surface area (Å²) in [6, 6.07) is 38.6. The van der Waals surface area contributed by atoms with Gasteiger partial charge in [0.1, 0.15) is 0 Å². The summed E-state index contributed by atoms with van der Waals surface area (Å²) in [5, 5.41) is 30.6. The van der Waals surface area contributed by atoms with Crippen LogP contribution in [0.4, 0.5) is 79.0 Å². The van der Waals surface area contributed by atoms with E-state index in [0.717, 1.165) is 104 Å². The number of halogens is 26. The van der Waals surface area contributed by atoms with Crippen molar-refractivity contribution in [2.75, 3.05) is 0 Å². The van der Waals surface area contributed by atoms with E-state index in [1.807, 2.05) is 110 Å². The number of dihydropyridines is 6. The molecule has 50 heteroatoms. The number of carbonyl (C=O) groups is 3. The van der Waals surface area contributed by atoms with Crippen molar-refractivity contribution in [1.82, 2.24) is 29.9 Å². The molecular formula is C81H66CeCl8Eu3F18N12O6Tb2. The van der Waals surface area contributed by atoms with Crippen molar-refractivity contribution in [3.63, 3.8) is 0 Å². The van der Waals surface area contributed by atoms with Crippen LogP contribution in [0.3, 0.4) is 0 Å². The first-order chi connectivity index (χ1) is 55.4. The predicted octanol–water partition coefficient (Wildman–Crippen LogP) is -3.90. The van der Waals surface area contributed by atoms with Crippen molar-refractivity contribution < 1.29 is 475 Å². The maximum absolute atomic E-state index is 11.4. The smallest absolute Gasteiger partial charge is 1.00 e. The van der Waals surface area contributed by atoms with E-state index in [0.29, 0.717) is 36.3 Å². The van der Waals surface area contributed by atoms with Crippen LogP contribution in [0, 0.1) is 267 Å². The van der Waals surface area contributed by atoms with Gasteiger partial charge in [-0.05, 0) is 111 Å². The molecule has 0 aliphatic carbocycles. The van der Waals surface area contributed by atoms with E-state index in [2.05, 4.69) is 169 Å². The van der Waals surface area contributed by atoms with Crippen LogP contribution < -0.4 is 99.3 Å². The Balaban J connectivity index is -0.000000214. The second-order valence-corrected chi connectivity index (χ2v) is 24.5. The van der Waals surface area contributed by atoms with Crippen LogP contribution in [0.25, 0.3) is 65.4 Å². The average molecular weight is 2840 g/mol. The van der Waals surface area contributed by atoms with E-state index in [-0.39, 0.29) is 366 Å². The van der Waals surface area contributed by atoms with Crippen LogP contribution in [0.15, 0.2) is 285 Å². The van der Waals surface area contributed by atoms with Crippen molar-refractivity contribution in [1.29, 1.82) is 0 Å². The van der Waals surface area contributed by atoms with Crippen LogP contribution in [0.5, 0.6) is 0 Å². The standard InChI is InChI=1S/3C12H8N2.3C10H12N2.3C5H2F6O2.Ce.8ClH.3Eu.2Tb/c3*1-3-9-5-6-10-4-2-8-14-12(10)11(9)13-7-1;3*1-3-7-11-9(5-1)10-6-2-4-8-12-10;3*6-4(7,8)2(12)1-3(13)5(9,10)11;;;;;;;;;;;;;;/h3*1-8H;3*1-4,7-10H,5-6H2;3*1,12H;;8*1H;;;;;/q;;;;;;;;;;;;;;;;;;;+2;+3;;+3/p-8. The first-order valence-electron chi connectivity index (χ1n) is 34.5. The molecule has 18 nitrogen and oxygen atoms in total. The predicted molar refractivity (Wildman–Crippen MR) is 411 cm³/mol. The quantitative estimate of drug-likeness (QED) is 0.0625. The molecule has 6 unspecified atom stereocenters. The minimum atomic E-state index is -5.42. The third kappa shape index (κ3) is 51.3. The number of aliphatic imine (C=N–C) groups is 6. The van der Waals surface area contributed by atoms with Crippen molar-refractivity contribution in [2.24, 2.45) is 30.0 Å². The summed E-state index contributed by atoms with van der Waals surface area (Å²) >= 11 is 0. The number of aliphatic hydroxyl groups is 3. The normalized spacial score (nSPS) is 16.8. The van der Waals surface area contributed by atoms with E-state index in [4.69, 9.17) is 15.3 Å². The molecule has 711 valence electrons. The maximum Gasteiger partial charge on any atom is 3.00 e. The number of fused-ring (bicyclic) bond motifs is 9. The monoisotopic (exact) mass is 2840 g/mol. The second kappa shape index (κ2) is 72.3. The number of hydrogen-bond donors (Lipinski definition) is 3. The Hall–Kier alpha value is -2.03. The van der Waals surface area contributed by atoms with E-state index >= 15 is 0 Å². The number of ketones is 3. The van der Waals surface area contributed by atoms with Crippen molar-refractivity contribution >= 4 is 120 Å². The van der Waals surface area contributed by atoms with Gasteiger partial charge in [0, 0.05) is 255 Å². The molecule has 3 N–H and O–H groups in total. The summed E-state index contributed by atoms with van der Waals surface area (Å²) in [6.07, 6.45) is 18.2. The number of benzene rings is 3. The number of hydrogen-bond acceptors (Lipinski definition) is 18. The fourth-order valence-corrected chi connectivity index (χ4v) is 10.4. The van der Waals surface area contributed by atoms with E-state index in [1.165, 1.54) is 0 Å². The van der Waals surface area contributed by atoms with Crippen LogP contribution in [0.1, 0.15) is 38.5 Å². The molecule has 6 atom stereocenters. The number of rotatable bonds is 6. The summed E-state index contributed by atoms with van der Waals surface area (Å²) in [5.74, 6) is -16.0. The molecule has 0 saturated heterocycles. The summed E-state index contributed by atoms with van der Waals surface area (Å²) < 4.78 is 204. The molecule has 6 aliphatic rings. The topological polar surface area (TPSA) is 263 Å². The van der Waals surface area contributed by atoms with Gasteiger partial charge >= 0.3 is 174 Å². The van der Waals surface area contributed by atoms with Gasteiger partial charge in [0.2, 0.25) is 17.3 Å².